The molecule has 2 aliphatic rings. The number of carbonyl (C=O) groups excluding carboxylic acids is 1. The molecule has 2 aliphatic heterocycles. The molecule has 246 valence electrons. The first-order valence-electron chi connectivity index (χ1n) is 15.8. The first-order valence-corrected chi connectivity index (χ1v) is 15.8. The molecule has 43 heavy (non-hydrogen) atoms. The normalized spacial score (nSPS) is 40.7. The summed E-state index contributed by atoms with van der Waals surface area (Å²) in [7, 11) is 1.52. The first kappa shape index (κ1) is 37.4. The van der Waals surface area contributed by atoms with Gasteiger partial charge in [0.1, 0.15) is 12.2 Å². The summed E-state index contributed by atoms with van der Waals surface area (Å²) < 4.78 is 18.0. The van der Waals surface area contributed by atoms with E-state index in [9.17, 15) is 25.2 Å². The molecule has 0 aromatic rings. The Hall–Kier alpha value is -1.81. The quantitative estimate of drug-likeness (QED) is 0.308. The number of rotatable bonds is 6. The Kier molecular flexibility index (Phi) is 13.9. The van der Waals surface area contributed by atoms with Crippen molar-refractivity contribution in [2.75, 3.05) is 7.11 Å². The van der Waals surface area contributed by atoms with Gasteiger partial charge in [0.25, 0.3) is 0 Å². The topological polar surface area (TPSA) is 126 Å². The summed E-state index contributed by atoms with van der Waals surface area (Å²) in [6, 6.07) is 0. The van der Waals surface area contributed by atoms with Crippen molar-refractivity contribution >= 4 is 5.97 Å². The van der Waals surface area contributed by atoms with Crippen LogP contribution in [0.3, 0.4) is 0 Å². The van der Waals surface area contributed by atoms with E-state index in [-0.39, 0.29) is 36.2 Å². The smallest absolute Gasteiger partial charge is 0.334 e. The Morgan fingerprint density at radius 3 is 2.26 bits per heavy atom. The summed E-state index contributed by atoms with van der Waals surface area (Å²) >= 11 is 0. The van der Waals surface area contributed by atoms with E-state index in [1.54, 1.807) is 32.9 Å². The number of aliphatic hydroxyl groups excluding tert-OH is 3. The van der Waals surface area contributed by atoms with Gasteiger partial charge < -0.3 is 34.6 Å². The molecule has 0 radical (unpaired) electrons. The zero-order valence-electron chi connectivity index (χ0n) is 28.2. The second-order valence-electron chi connectivity index (χ2n) is 13.7. The third kappa shape index (κ3) is 9.59. The van der Waals surface area contributed by atoms with Gasteiger partial charge in [-0.25, -0.2) is 4.79 Å². The van der Waals surface area contributed by atoms with Gasteiger partial charge in [0.05, 0.1) is 24.4 Å². The van der Waals surface area contributed by atoms with Gasteiger partial charge in [-0.15, -0.1) is 0 Å². The van der Waals surface area contributed by atoms with Crippen LogP contribution in [0.25, 0.3) is 0 Å². The molecule has 2 heterocycles. The third-order valence-corrected chi connectivity index (χ3v) is 9.48. The molecule has 0 saturated carbocycles. The largest absolute Gasteiger partial charge is 0.456 e. The Labute approximate surface area is 259 Å². The fourth-order valence-corrected chi connectivity index (χ4v) is 6.57. The molecule has 12 unspecified atom stereocenters. The average molecular weight is 607 g/mol. The number of aliphatic hydroxyl groups is 4. The van der Waals surface area contributed by atoms with E-state index >= 15 is 0 Å². The molecule has 12 atom stereocenters. The molecular formula is C35H58O8. The first-order chi connectivity index (χ1) is 19.9. The standard InChI is InChI=1S/C35H58O8/c1-19(2)32-25(8)28(36)18-35(40,43-32)27(10)31(38)26(9)33-29(41-11)14-12-13-20(3)15-22(5)30(37)23(6)16-21(4)17-24(7)34(39)42-33/h12-14,16-17,19,22-23,25-33,36-38,40H,15,18H2,1-11H3/b14-12+,20-13+,21-16+,24-17?. The summed E-state index contributed by atoms with van der Waals surface area (Å²) in [5.74, 6) is -4.03. The summed E-state index contributed by atoms with van der Waals surface area (Å²) in [5.41, 5.74) is 2.28. The maximum absolute atomic E-state index is 13.4. The minimum absolute atomic E-state index is 0.0267. The van der Waals surface area contributed by atoms with E-state index in [1.165, 1.54) is 7.11 Å². The number of allylic oxidation sites excluding steroid dienone is 5. The van der Waals surface area contributed by atoms with Crippen LogP contribution >= 0.6 is 0 Å². The van der Waals surface area contributed by atoms with Crippen molar-refractivity contribution in [2.45, 2.75) is 124 Å². The highest BCUT2D eigenvalue weighted by atomic mass is 16.6. The van der Waals surface area contributed by atoms with E-state index in [1.807, 2.05) is 66.7 Å². The highest BCUT2D eigenvalue weighted by molar-refractivity contribution is 5.88. The van der Waals surface area contributed by atoms with Crippen molar-refractivity contribution < 1.29 is 39.4 Å². The number of cyclic esters (lactones) is 1. The van der Waals surface area contributed by atoms with Gasteiger partial charge in [0.2, 0.25) is 0 Å². The van der Waals surface area contributed by atoms with Crippen LogP contribution in [0.2, 0.25) is 0 Å². The Bertz CT molecular complexity index is 1040. The fraction of sp³-hybridized carbons (Fsp3) is 0.743. The van der Waals surface area contributed by atoms with Crippen LogP contribution in [0, 0.1) is 35.5 Å². The van der Waals surface area contributed by atoms with Crippen molar-refractivity contribution in [1.29, 1.82) is 0 Å². The van der Waals surface area contributed by atoms with Crippen molar-refractivity contribution in [3.8, 4) is 0 Å². The van der Waals surface area contributed by atoms with Crippen LogP contribution in [0.4, 0.5) is 0 Å². The molecule has 0 aliphatic carbocycles. The van der Waals surface area contributed by atoms with Crippen molar-refractivity contribution in [2.24, 2.45) is 35.5 Å². The molecule has 0 spiro atoms. The maximum atomic E-state index is 13.4. The van der Waals surface area contributed by atoms with Gasteiger partial charge in [-0.05, 0) is 45.1 Å². The zero-order valence-corrected chi connectivity index (χ0v) is 28.2. The lowest BCUT2D eigenvalue weighted by molar-refractivity contribution is -0.328. The van der Waals surface area contributed by atoms with Crippen molar-refractivity contribution in [1.82, 2.24) is 0 Å². The Balaban J connectivity index is 2.48. The minimum Gasteiger partial charge on any atom is -0.456 e. The highest BCUT2D eigenvalue weighted by Gasteiger charge is 2.51. The van der Waals surface area contributed by atoms with Gasteiger partial charge in [0, 0.05) is 42.8 Å². The van der Waals surface area contributed by atoms with E-state index in [4.69, 9.17) is 14.2 Å². The SMILES string of the molecule is COC1/C=C/C=C(\C)CC(C)C(O)C(C)/C=C(\C)C=C(C)C(=O)OC1C(C)C(O)C(C)C1(O)CC(O)C(C)C(C(C)C)O1. The molecule has 0 amide bonds. The molecule has 2 rings (SSSR count). The number of methoxy groups -OCH3 is 1. The van der Waals surface area contributed by atoms with Crippen LogP contribution in [0.5, 0.6) is 0 Å². The van der Waals surface area contributed by atoms with Crippen LogP contribution in [-0.2, 0) is 19.0 Å². The fourth-order valence-electron chi connectivity index (χ4n) is 6.57. The molecular weight excluding hydrogens is 548 g/mol. The maximum Gasteiger partial charge on any atom is 0.334 e. The molecule has 1 fully saturated rings. The average Bonchev–Trinajstić information content (AvgIpc) is 2.93. The third-order valence-electron chi connectivity index (χ3n) is 9.48. The van der Waals surface area contributed by atoms with Gasteiger partial charge >= 0.3 is 5.97 Å². The molecule has 4 N–H and O–H groups in total. The number of hydrogen-bond donors (Lipinski definition) is 4. The number of ether oxygens (including phenoxy) is 3. The van der Waals surface area contributed by atoms with Crippen LogP contribution in [-0.4, -0.2) is 75.9 Å². The lowest BCUT2D eigenvalue weighted by Crippen LogP contribution is -2.59. The number of esters is 1. The van der Waals surface area contributed by atoms with Crippen molar-refractivity contribution in [3.05, 3.63) is 47.1 Å². The van der Waals surface area contributed by atoms with E-state index in [0.717, 1.165) is 11.1 Å². The molecule has 8 nitrogen and oxygen atoms in total. The highest BCUT2D eigenvalue weighted by Crippen LogP contribution is 2.41. The summed E-state index contributed by atoms with van der Waals surface area (Å²) in [4.78, 5) is 13.4. The summed E-state index contributed by atoms with van der Waals surface area (Å²) in [6.45, 7) is 18.9. The monoisotopic (exact) mass is 606 g/mol. The molecule has 0 aromatic carbocycles. The van der Waals surface area contributed by atoms with Gasteiger partial charge in [0.15, 0.2) is 5.79 Å². The minimum atomic E-state index is -1.77. The van der Waals surface area contributed by atoms with Gasteiger partial charge in [-0.1, -0.05) is 83.9 Å². The number of hydrogen-bond acceptors (Lipinski definition) is 8. The lowest BCUT2D eigenvalue weighted by Gasteiger charge is -2.49. The van der Waals surface area contributed by atoms with E-state index < -0.39 is 54.1 Å². The van der Waals surface area contributed by atoms with Crippen LogP contribution < -0.4 is 0 Å². The van der Waals surface area contributed by atoms with Crippen LogP contribution in [0.1, 0.15) is 82.1 Å². The molecule has 0 bridgehead atoms. The predicted molar refractivity (Wildman–Crippen MR) is 169 cm³/mol. The summed E-state index contributed by atoms with van der Waals surface area (Å²) in [5, 5.41) is 44.9. The molecule has 8 heteroatoms. The Morgan fingerprint density at radius 2 is 1.67 bits per heavy atom. The van der Waals surface area contributed by atoms with E-state index in [2.05, 4.69) is 0 Å². The number of carbonyl (C=O) groups is 1. The Morgan fingerprint density at radius 1 is 1.05 bits per heavy atom. The lowest BCUT2D eigenvalue weighted by atomic mass is 9.76. The zero-order chi connectivity index (χ0) is 32.8. The predicted octanol–water partition coefficient (Wildman–Crippen LogP) is 5.11. The second kappa shape index (κ2) is 16.0. The van der Waals surface area contributed by atoms with Crippen LogP contribution in [0.15, 0.2) is 47.1 Å². The van der Waals surface area contributed by atoms with Gasteiger partial charge in [-0.2, -0.15) is 0 Å². The molecule has 1 saturated heterocycles. The molecule has 0 aromatic heterocycles. The van der Waals surface area contributed by atoms with Gasteiger partial charge in [-0.3, -0.25) is 0 Å². The van der Waals surface area contributed by atoms with Crippen molar-refractivity contribution in [3.63, 3.8) is 0 Å². The van der Waals surface area contributed by atoms with E-state index in [0.29, 0.717) is 12.0 Å². The summed E-state index contributed by atoms with van der Waals surface area (Å²) in [6.07, 6.45) is 5.44. The second-order valence-corrected chi connectivity index (χ2v) is 13.7.